The molecule has 366 valence electrons. The number of rotatable bonds is 28. The van der Waals surface area contributed by atoms with Crippen molar-refractivity contribution in [2.24, 2.45) is 34.5 Å². The van der Waals surface area contributed by atoms with Crippen LogP contribution in [0.1, 0.15) is 73.1 Å². The molecule has 18 nitrogen and oxygen atoms in total. The summed E-state index contributed by atoms with van der Waals surface area (Å²) >= 11 is 0. The number of halogens is 3. The molecule has 4 fully saturated rings. The Hall–Kier alpha value is -3.47. The van der Waals surface area contributed by atoms with Gasteiger partial charge >= 0.3 is 18.1 Å². The summed E-state index contributed by atoms with van der Waals surface area (Å²) in [5.41, 5.74) is -1.56. The number of hydrogen-bond donors (Lipinski definition) is 4. The number of ketones is 1. The second-order valence-electron chi connectivity index (χ2n) is 18.4. The van der Waals surface area contributed by atoms with Gasteiger partial charge in [0.2, 0.25) is 17.7 Å². The van der Waals surface area contributed by atoms with E-state index in [1.54, 1.807) is 0 Å². The second-order valence-corrected chi connectivity index (χ2v) is 18.4. The minimum atomic E-state index is -5.24. The number of fused-ring (bicyclic) bond motifs is 1. The first kappa shape index (κ1) is 53.1. The Labute approximate surface area is 373 Å². The van der Waals surface area contributed by atoms with Crippen molar-refractivity contribution in [3.8, 4) is 0 Å². The number of ether oxygens (including phenoxy) is 7. The number of carbonyl (C=O) groups is 6. The largest absolute Gasteiger partial charge is 0.471 e. The summed E-state index contributed by atoms with van der Waals surface area (Å²) in [4.78, 5) is 80.8. The maximum Gasteiger partial charge on any atom is 0.471 e. The van der Waals surface area contributed by atoms with Gasteiger partial charge in [0, 0.05) is 19.0 Å². The third-order valence-electron chi connectivity index (χ3n) is 12.5. The third-order valence-corrected chi connectivity index (χ3v) is 12.5. The topological polar surface area (TPSA) is 227 Å². The highest BCUT2D eigenvalue weighted by molar-refractivity contribution is 5.97. The Morgan fingerprint density at radius 3 is 1.86 bits per heavy atom. The lowest BCUT2D eigenvalue weighted by Gasteiger charge is -2.38. The molecule has 0 unspecified atom stereocenters. The fourth-order valence-corrected chi connectivity index (χ4v) is 8.67. The maximum atomic E-state index is 14.2. The highest BCUT2D eigenvalue weighted by Gasteiger charge is 2.70. The number of nitrogens with one attached hydrogen (secondary N) is 3. The Kier molecular flexibility index (Phi) is 20.7. The molecule has 4 amide bonds. The van der Waals surface area contributed by atoms with Crippen LogP contribution in [0.4, 0.5) is 13.2 Å². The van der Waals surface area contributed by atoms with Gasteiger partial charge in [0.05, 0.1) is 97.3 Å². The molecule has 0 bridgehead atoms. The first-order valence-electron chi connectivity index (χ1n) is 22.3. The minimum Gasteiger partial charge on any atom is -0.457 e. The average molecular weight is 923 g/mol. The zero-order valence-corrected chi connectivity index (χ0v) is 37.8. The average Bonchev–Trinajstić information content (AvgIpc) is 3.55. The number of aliphatic hydroxyl groups is 1. The summed E-state index contributed by atoms with van der Waals surface area (Å²) in [7, 11) is 0. The summed E-state index contributed by atoms with van der Waals surface area (Å²) in [6, 6.07) is -4.06. The van der Waals surface area contributed by atoms with Crippen LogP contribution in [0.3, 0.4) is 0 Å². The molecule has 4 aliphatic rings. The highest BCUT2D eigenvalue weighted by Crippen LogP contribution is 2.65. The van der Waals surface area contributed by atoms with Crippen LogP contribution in [-0.4, -0.2) is 175 Å². The fourth-order valence-electron chi connectivity index (χ4n) is 8.67. The molecule has 0 aromatic rings. The number of carbonyl (C=O) groups excluding carboxylic acids is 6. The van der Waals surface area contributed by atoms with Gasteiger partial charge in [0.15, 0.2) is 12.4 Å². The van der Waals surface area contributed by atoms with Gasteiger partial charge in [-0.3, -0.25) is 28.8 Å². The summed E-state index contributed by atoms with van der Waals surface area (Å²) in [6.07, 6.45) is -2.85. The molecule has 2 aliphatic carbocycles. The van der Waals surface area contributed by atoms with Crippen molar-refractivity contribution in [1.82, 2.24) is 20.9 Å². The summed E-state index contributed by atoms with van der Waals surface area (Å²) in [6.45, 7) is 12.5. The lowest BCUT2D eigenvalue weighted by atomic mass is 9.85. The zero-order valence-electron chi connectivity index (χ0n) is 37.8. The minimum absolute atomic E-state index is 0.0169. The van der Waals surface area contributed by atoms with E-state index in [9.17, 15) is 41.9 Å². The number of esters is 1. The number of nitrogens with zero attached hydrogens (tertiary/aromatic N) is 1. The number of piperidine rings is 1. The summed E-state index contributed by atoms with van der Waals surface area (Å²) in [5.74, 6) is -7.00. The Morgan fingerprint density at radius 2 is 1.36 bits per heavy atom. The number of likely N-dealkylation sites (tertiary alicyclic amines) is 1. The van der Waals surface area contributed by atoms with Crippen LogP contribution >= 0.6 is 0 Å². The normalized spacial score (nSPS) is 25.0. The molecule has 4 rings (SSSR count). The van der Waals surface area contributed by atoms with Crippen LogP contribution in [0.25, 0.3) is 0 Å². The monoisotopic (exact) mass is 922 g/mol. The number of amides is 4. The van der Waals surface area contributed by atoms with E-state index in [0.717, 1.165) is 0 Å². The maximum absolute atomic E-state index is 14.2. The molecule has 21 heteroatoms. The van der Waals surface area contributed by atoms with E-state index < -0.39 is 83.0 Å². The van der Waals surface area contributed by atoms with Gasteiger partial charge in [0.25, 0.3) is 0 Å². The van der Waals surface area contributed by atoms with Crippen LogP contribution in [0.5, 0.6) is 0 Å². The van der Waals surface area contributed by atoms with Crippen LogP contribution in [0, 0.1) is 34.5 Å². The highest BCUT2D eigenvalue weighted by atomic mass is 19.4. The van der Waals surface area contributed by atoms with Crippen LogP contribution < -0.4 is 16.0 Å². The van der Waals surface area contributed by atoms with Crippen molar-refractivity contribution in [2.75, 3.05) is 99.0 Å². The molecule has 6 atom stereocenters. The molecule has 0 radical (unpaired) electrons. The van der Waals surface area contributed by atoms with Gasteiger partial charge in [0.1, 0.15) is 12.1 Å². The van der Waals surface area contributed by atoms with Crippen molar-refractivity contribution >= 4 is 35.4 Å². The zero-order chi connectivity index (χ0) is 47.1. The number of Topliss-reactive ketones (excluding diaryl/α,β-unsaturated/α-hetero) is 1. The van der Waals surface area contributed by atoms with Gasteiger partial charge in [-0.2, -0.15) is 13.2 Å². The Balaban J connectivity index is 1.19. The van der Waals surface area contributed by atoms with E-state index in [4.69, 9.17) is 38.3 Å². The quantitative estimate of drug-likeness (QED) is 0.0642. The first-order valence-corrected chi connectivity index (χ1v) is 22.3. The third kappa shape index (κ3) is 15.9. The van der Waals surface area contributed by atoms with Crippen molar-refractivity contribution < 1.29 is 80.2 Å². The first-order chi connectivity index (χ1) is 30.3. The number of hydrogen-bond acceptors (Lipinski definition) is 14. The molecule has 2 heterocycles. The predicted molar refractivity (Wildman–Crippen MR) is 220 cm³/mol. The van der Waals surface area contributed by atoms with Gasteiger partial charge < -0.3 is 59.1 Å². The second kappa shape index (κ2) is 24.9. The van der Waals surface area contributed by atoms with Crippen molar-refractivity contribution in [3.05, 3.63) is 0 Å². The van der Waals surface area contributed by atoms with Crippen LogP contribution in [0.2, 0.25) is 0 Å². The summed E-state index contributed by atoms with van der Waals surface area (Å²) < 4.78 is 78.2. The molecule has 2 saturated carbocycles. The molecular formula is C43H69F3N4O14. The fraction of sp³-hybridized carbons (Fsp3) is 0.860. The SMILES string of the molecule is CC(C)(C)[C@H](NC(=O)C(F)(F)F)C(=O)N1C[C@H]2[C@@H]([C@H]1C(=O)N[C@@H](C[C@@H]1CCNC1=O)C(=O)COC(=O)C1CCC(OCCOCCOCCOCCOCCOCCO)CC1)C2(C)C. The Bertz CT molecular complexity index is 1550. The molecule has 0 aromatic carbocycles. The van der Waals surface area contributed by atoms with E-state index in [0.29, 0.717) is 111 Å². The van der Waals surface area contributed by atoms with Gasteiger partial charge in [-0.15, -0.1) is 0 Å². The van der Waals surface area contributed by atoms with Gasteiger partial charge in [-0.25, -0.2) is 0 Å². The van der Waals surface area contributed by atoms with E-state index >= 15 is 0 Å². The van der Waals surface area contributed by atoms with Crippen molar-refractivity contribution in [1.29, 1.82) is 0 Å². The van der Waals surface area contributed by atoms with Crippen LogP contribution in [-0.2, 0) is 61.9 Å². The molecule has 0 spiro atoms. The number of aliphatic hydroxyl groups excluding tert-OH is 1. The van der Waals surface area contributed by atoms with Crippen LogP contribution in [0.15, 0.2) is 0 Å². The summed E-state index contributed by atoms with van der Waals surface area (Å²) in [5, 5.41) is 15.9. The van der Waals surface area contributed by atoms with Crippen molar-refractivity contribution in [3.63, 3.8) is 0 Å². The lowest BCUT2D eigenvalue weighted by Crippen LogP contribution is -2.61. The molecule has 64 heavy (non-hydrogen) atoms. The van der Waals surface area contributed by atoms with E-state index in [2.05, 4.69) is 10.6 Å². The number of alkyl halides is 3. The lowest BCUT2D eigenvalue weighted by molar-refractivity contribution is -0.176. The van der Waals surface area contributed by atoms with Gasteiger partial charge in [-0.05, 0) is 61.2 Å². The molecular weight excluding hydrogens is 853 g/mol. The van der Waals surface area contributed by atoms with Gasteiger partial charge in [-0.1, -0.05) is 34.6 Å². The smallest absolute Gasteiger partial charge is 0.457 e. The molecule has 2 aliphatic heterocycles. The van der Waals surface area contributed by atoms with E-state index in [1.165, 1.54) is 25.7 Å². The Morgan fingerprint density at radius 1 is 0.812 bits per heavy atom. The molecule has 0 aromatic heterocycles. The standard InChI is InChI=1S/C43H69F3N4O14/c1-41(2,3)35(49-40(57)43(44,45)46)38(55)50-25-30-33(42(30,4)5)34(50)37(54)48-31(24-28-10-11-47-36(28)53)32(52)26-64-39(56)27-6-8-29(9-7-27)63-23-22-62-21-20-61-19-18-60-17-16-59-15-14-58-13-12-51/h27-31,33-35,51H,6-26H2,1-5H3,(H,47,53)(H,48,54)(H,49,57)/t27?,28-,29?,30-,31-,33-,34-,35+/m0/s1. The molecule has 2 saturated heterocycles. The predicted octanol–water partition coefficient (Wildman–Crippen LogP) is 1.34. The van der Waals surface area contributed by atoms with E-state index in [1.807, 2.05) is 19.2 Å². The van der Waals surface area contributed by atoms with E-state index in [-0.39, 0.29) is 43.4 Å². The molecule has 4 N–H and O–H groups in total. The van der Waals surface area contributed by atoms with Crippen molar-refractivity contribution in [2.45, 2.75) is 104 Å².